The summed E-state index contributed by atoms with van der Waals surface area (Å²) >= 11 is 7.13. The average molecular weight is 286 g/mol. The van der Waals surface area contributed by atoms with Crippen LogP contribution >= 0.6 is 31.9 Å². The van der Waals surface area contributed by atoms with Crippen LogP contribution < -0.4 is 0 Å². The molecule has 0 aromatic heterocycles. The smallest absolute Gasteiger partial charge is 0.0730 e. The monoisotopic (exact) mass is 284 g/mol. The summed E-state index contributed by atoms with van der Waals surface area (Å²) < 4.78 is 0.173. The third-order valence-electron chi connectivity index (χ3n) is 1.72. The summed E-state index contributed by atoms with van der Waals surface area (Å²) in [5, 5.41) is 0. The second kappa shape index (κ2) is 6.47. The van der Waals surface area contributed by atoms with E-state index in [0.717, 1.165) is 0 Å². The van der Waals surface area contributed by atoms with Gasteiger partial charge in [-0.05, 0) is 13.3 Å². The minimum absolute atomic E-state index is 0.173. The van der Waals surface area contributed by atoms with Gasteiger partial charge in [0.2, 0.25) is 0 Å². The van der Waals surface area contributed by atoms with Crippen LogP contribution in [0.15, 0.2) is 0 Å². The van der Waals surface area contributed by atoms with Gasteiger partial charge in [0.25, 0.3) is 0 Å². The van der Waals surface area contributed by atoms with Gasteiger partial charge in [0.1, 0.15) is 0 Å². The Morgan fingerprint density at radius 1 is 1.00 bits per heavy atom. The molecule has 0 fully saturated rings. The lowest BCUT2D eigenvalue weighted by atomic mass is 10.1. The highest BCUT2D eigenvalue weighted by Crippen LogP contribution is 2.31. The molecule has 0 saturated heterocycles. The normalized spacial score (nSPS) is 12.0. The molecule has 0 aliphatic rings. The summed E-state index contributed by atoms with van der Waals surface area (Å²) in [6, 6.07) is 0. The molecule has 0 aromatic carbocycles. The van der Waals surface area contributed by atoms with Gasteiger partial charge < -0.3 is 0 Å². The Morgan fingerprint density at radius 2 is 1.55 bits per heavy atom. The van der Waals surface area contributed by atoms with Crippen molar-refractivity contribution in [3.8, 4) is 0 Å². The van der Waals surface area contributed by atoms with Gasteiger partial charge in [-0.1, -0.05) is 70.9 Å². The molecule has 0 amide bonds. The van der Waals surface area contributed by atoms with Crippen molar-refractivity contribution in [3.63, 3.8) is 0 Å². The summed E-state index contributed by atoms with van der Waals surface area (Å²) in [5.41, 5.74) is 0. The van der Waals surface area contributed by atoms with Crippen LogP contribution in [0.4, 0.5) is 0 Å². The van der Waals surface area contributed by atoms with Gasteiger partial charge in [-0.15, -0.1) is 0 Å². The van der Waals surface area contributed by atoms with E-state index >= 15 is 0 Å². The SMILES string of the molecule is CCCCCCCC(C)(Br)Br. The summed E-state index contributed by atoms with van der Waals surface area (Å²) in [6.07, 6.45) is 8.04. The predicted octanol–water partition coefficient (Wildman–Crippen LogP) is 4.85. The Bertz CT molecular complexity index is 84.1. The molecule has 2 heteroatoms. The van der Waals surface area contributed by atoms with E-state index < -0.39 is 0 Å². The Morgan fingerprint density at radius 3 is 2.00 bits per heavy atom. The molecule has 0 aliphatic carbocycles. The Labute approximate surface area is 87.4 Å². The maximum atomic E-state index is 3.56. The molecule has 0 radical (unpaired) electrons. The molecular formula is C9H18Br2. The van der Waals surface area contributed by atoms with Gasteiger partial charge in [-0.25, -0.2) is 0 Å². The van der Waals surface area contributed by atoms with Crippen molar-refractivity contribution in [2.75, 3.05) is 0 Å². The van der Waals surface area contributed by atoms with E-state index in [4.69, 9.17) is 0 Å². The van der Waals surface area contributed by atoms with E-state index in [-0.39, 0.29) is 3.23 Å². The highest BCUT2D eigenvalue weighted by molar-refractivity contribution is 9.25. The second-order valence-electron chi connectivity index (χ2n) is 3.23. The van der Waals surface area contributed by atoms with Crippen LogP contribution in [0.2, 0.25) is 0 Å². The van der Waals surface area contributed by atoms with E-state index in [0.29, 0.717) is 0 Å². The Hall–Kier alpha value is 0.960. The summed E-state index contributed by atoms with van der Waals surface area (Å²) in [6.45, 7) is 4.41. The molecule has 0 unspecified atom stereocenters. The van der Waals surface area contributed by atoms with Crippen molar-refractivity contribution in [2.24, 2.45) is 0 Å². The van der Waals surface area contributed by atoms with Crippen LogP contribution in [0.1, 0.15) is 52.4 Å². The summed E-state index contributed by atoms with van der Waals surface area (Å²) in [5.74, 6) is 0. The zero-order chi connectivity index (χ0) is 8.74. The van der Waals surface area contributed by atoms with Crippen molar-refractivity contribution in [1.82, 2.24) is 0 Å². The molecule has 0 aromatic rings. The lowest BCUT2D eigenvalue weighted by Crippen LogP contribution is -2.02. The standard InChI is InChI=1S/C9H18Br2/c1-3-4-5-6-7-8-9(2,10)11/h3-8H2,1-2H3. The Kier molecular flexibility index (Phi) is 7.04. The first kappa shape index (κ1) is 12.0. The number of alkyl halides is 2. The van der Waals surface area contributed by atoms with Gasteiger partial charge in [-0.3, -0.25) is 0 Å². The lowest BCUT2D eigenvalue weighted by molar-refractivity contribution is 0.601. The van der Waals surface area contributed by atoms with Crippen LogP contribution in [-0.4, -0.2) is 3.23 Å². The molecule has 0 saturated carbocycles. The van der Waals surface area contributed by atoms with Crippen LogP contribution in [-0.2, 0) is 0 Å². The number of rotatable bonds is 6. The highest BCUT2D eigenvalue weighted by atomic mass is 79.9. The molecule has 68 valence electrons. The van der Waals surface area contributed by atoms with Crippen LogP contribution in [0.3, 0.4) is 0 Å². The fourth-order valence-electron chi connectivity index (χ4n) is 1.04. The zero-order valence-electron chi connectivity index (χ0n) is 7.50. The fraction of sp³-hybridized carbons (Fsp3) is 1.00. The average Bonchev–Trinajstić information content (AvgIpc) is 1.85. The first-order valence-electron chi connectivity index (χ1n) is 4.44. The molecule has 0 atom stereocenters. The lowest BCUT2D eigenvalue weighted by Gasteiger charge is -2.12. The van der Waals surface area contributed by atoms with Gasteiger partial charge in [0.15, 0.2) is 0 Å². The second-order valence-corrected chi connectivity index (χ2v) is 7.80. The van der Waals surface area contributed by atoms with Gasteiger partial charge in [0, 0.05) is 0 Å². The third kappa shape index (κ3) is 11.0. The van der Waals surface area contributed by atoms with E-state index in [9.17, 15) is 0 Å². The molecular weight excluding hydrogens is 268 g/mol. The molecule has 0 nitrogen and oxygen atoms in total. The third-order valence-corrected chi connectivity index (χ3v) is 2.51. The first-order chi connectivity index (χ1) is 5.06. The van der Waals surface area contributed by atoms with Crippen molar-refractivity contribution in [2.45, 2.75) is 55.6 Å². The molecule has 0 bridgehead atoms. The van der Waals surface area contributed by atoms with E-state index in [2.05, 4.69) is 45.7 Å². The highest BCUT2D eigenvalue weighted by Gasteiger charge is 2.13. The number of halogens is 2. The number of hydrogen-bond acceptors (Lipinski definition) is 0. The molecule has 0 spiro atoms. The van der Waals surface area contributed by atoms with Crippen molar-refractivity contribution in [1.29, 1.82) is 0 Å². The van der Waals surface area contributed by atoms with Crippen LogP contribution in [0.5, 0.6) is 0 Å². The first-order valence-corrected chi connectivity index (χ1v) is 6.02. The summed E-state index contributed by atoms with van der Waals surface area (Å²) in [4.78, 5) is 0. The van der Waals surface area contributed by atoms with E-state index in [1.807, 2.05) is 0 Å². The molecule has 0 N–H and O–H groups in total. The van der Waals surface area contributed by atoms with E-state index in [1.54, 1.807) is 0 Å². The maximum Gasteiger partial charge on any atom is 0.0777 e. The maximum absolute atomic E-state index is 3.56. The van der Waals surface area contributed by atoms with Crippen molar-refractivity contribution >= 4 is 31.9 Å². The minimum Gasteiger partial charge on any atom is -0.0730 e. The molecule has 0 rings (SSSR count). The minimum atomic E-state index is 0.173. The number of hydrogen-bond donors (Lipinski definition) is 0. The molecule has 0 heterocycles. The van der Waals surface area contributed by atoms with Gasteiger partial charge in [0.05, 0.1) is 3.23 Å². The van der Waals surface area contributed by atoms with Gasteiger partial charge >= 0.3 is 0 Å². The Balaban J connectivity index is 3.02. The van der Waals surface area contributed by atoms with Crippen LogP contribution in [0.25, 0.3) is 0 Å². The summed E-state index contributed by atoms with van der Waals surface area (Å²) in [7, 11) is 0. The fourth-order valence-corrected chi connectivity index (χ4v) is 1.60. The molecule has 11 heavy (non-hydrogen) atoms. The molecule has 0 aliphatic heterocycles. The van der Waals surface area contributed by atoms with Crippen molar-refractivity contribution < 1.29 is 0 Å². The van der Waals surface area contributed by atoms with Crippen LogP contribution in [0, 0.1) is 0 Å². The van der Waals surface area contributed by atoms with Crippen molar-refractivity contribution in [3.05, 3.63) is 0 Å². The number of unbranched alkanes of at least 4 members (excludes halogenated alkanes) is 4. The van der Waals surface area contributed by atoms with Gasteiger partial charge in [-0.2, -0.15) is 0 Å². The zero-order valence-corrected chi connectivity index (χ0v) is 10.7. The topological polar surface area (TPSA) is 0 Å². The quantitative estimate of drug-likeness (QED) is 0.483. The predicted molar refractivity (Wildman–Crippen MR) is 59.6 cm³/mol. The van der Waals surface area contributed by atoms with E-state index in [1.165, 1.54) is 38.5 Å². The largest absolute Gasteiger partial charge is 0.0777 e.